The van der Waals surface area contributed by atoms with Crippen LogP contribution in [0.4, 0.5) is 11.4 Å². The molecule has 1 aliphatic heterocycles. The molecule has 146 valence electrons. The van der Waals surface area contributed by atoms with Gasteiger partial charge in [-0.1, -0.05) is 6.07 Å². The number of carbonyl (C=O) groups is 2. The number of carboxylic acid groups (broad SMARTS) is 1. The number of nitro benzene ring substituents is 1. The zero-order chi connectivity index (χ0) is 19.4. The van der Waals surface area contributed by atoms with Gasteiger partial charge in [-0.15, -0.1) is 0 Å². The largest absolute Gasteiger partial charge is 0.481 e. The lowest BCUT2D eigenvalue weighted by Crippen LogP contribution is -2.41. The maximum atomic E-state index is 12.9. The minimum absolute atomic E-state index is 0.0980. The fourth-order valence-electron chi connectivity index (χ4n) is 3.73. The first-order valence-electron chi connectivity index (χ1n) is 9.11. The van der Waals surface area contributed by atoms with Crippen LogP contribution in [0.2, 0.25) is 0 Å². The summed E-state index contributed by atoms with van der Waals surface area (Å²) in [4.78, 5) is 36.8. The fraction of sp³-hybridized carbons (Fsp3) is 0.556. The average Bonchev–Trinajstić information content (AvgIpc) is 2.68. The van der Waals surface area contributed by atoms with Gasteiger partial charge in [0.05, 0.1) is 29.6 Å². The molecule has 2 N–H and O–H groups in total. The van der Waals surface area contributed by atoms with Crippen LogP contribution in [-0.4, -0.2) is 54.3 Å². The molecule has 0 atom stereocenters. The van der Waals surface area contributed by atoms with Gasteiger partial charge in [0.15, 0.2) is 0 Å². The summed E-state index contributed by atoms with van der Waals surface area (Å²) < 4.78 is 5.31. The highest BCUT2D eigenvalue weighted by Crippen LogP contribution is 2.33. The minimum atomic E-state index is -0.798. The number of aliphatic carboxylic acids is 1. The van der Waals surface area contributed by atoms with E-state index in [1.807, 2.05) is 4.90 Å². The molecule has 9 heteroatoms. The molecule has 3 rings (SSSR count). The number of benzene rings is 1. The van der Waals surface area contributed by atoms with E-state index in [9.17, 15) is 19.7 Å². The summed E-state index contributed by atoms with van der Waals surface area (Å²) in [6.45, 7) is 1.86. The zero-order valence-electron chi connectivity index (χ0n) is 14.9. The first-order chi connectivity index (χ1) is 13.0. The Morgan fingerprint density at radius 3 is 2.44 bits per heavy atom. The Morgan fingerprint density at radius 2 is 1.85 bits per heavy atom. The molecule has 2 aliphatic rings. The van der Waals surface area contributed by atoms with Crippen molar-refractivity contribution in [1.29, 1.82) is 0 Å². The molecule has 1 aromatic carbocycles. The number of carbonyl (C=O) groups excluding carboxylic acids is 1. The van der Waals surface area contributed by atoms with Gasteiger partial charge >= 0.3 is 5.97 Å². The molecule has 27 heavy (non-hydrogen) atoms. The topological polar surface area (TPSA) is 122 Å². The van der Waals surface area contributed by atoms with Gasteiger partial charge in [-0.25, -0.2) is 0 Å². The minimum Gasteiger partial charge on any atom is -0.481 e. The number of carboxylic acids is 1. The number of ether oxygens (including phenoxy) is 1. The number of nitrogens with one attached hydrogen (secondary N) is 1. The fourth-order valence-corrected chi connectivity index (χ4v) is 3.73. The Balaban J connectivity index is 1.79. The third-order valence-electron chi connectivity index (χ3n) is 5.19. The van der Waals surface area contributed by atoms with E-state index in [0.29, 0.717) is 57.7 Å². The van der Waals surface area contributed by atoms with Crippen LogP contribution in [0.25, 0.3) is 0 Å². The van der Waals surface area contributed by atoms with Gasteiger partial charge in [0.2, 0.25) is 0 Å². The summed E-state index contributed by atoms with van der Waals surface area (Å²) in [7, 11) is 0. The predicted molar refractivity (Wildman–Crippen MR) is 97.0 cm³/mol. The third-order valence-corrected chi connectivity index (χ3v) is 5.19. The van der Waals surface area contributed by atoms with Gasteiger partial charge in [-0.2, -0.15) is 0 Å². The van der Waals surface area contributed by atoms with Crippen molar-refractivity contribution in [1.82, 2.24) is 5.32 Å². The van der Waals surface area contributed by atoms with Crippen molar-refractivity contribution in [3.05, 3.63) is 33.9 Å². The second-order valence-electron chi connectivity index (χ2n) is 6.89. The summed E-state index contributed by atoms with van der Waals surface area (Å²) in [6.07, 6.45) is 2.21. The lowest BCUT2D eigenvalue weighted by molar-refractivity contribution is -0.384. The molecule has 0 bridgehead atoms. The second-order valence-corrected chi connectivity index (χ2v) is 6.89. The van der Waals surface area contributed by atoms with E-state index in [2.05, 4.69) is 5.32 Å². The second kappa shape index (κ2) is 8.34. The molecule has 0 aromatic heterocycles. The van der Waals surface area contributed by atoms with E-state index in [1.165, 1.54) is 12.1 Å². The van der Waals surface area contributed by atoms with Crippen LogP contribution in [-0.2, 0) is 9.53 Å². The highest BCUT2D eigenvalue weighted by molar-refractivity contribution is 6.02. The van der Waals surface area contributed by atoms with E-state index < -0.39 is 10.9 Å². The predicted octanol–water partition coefficient (Wildman–Crippen LogP) is 1.80. The van der Waals surface area contributed by atoms with E-state index in [1.54, 1.807) is 6.07 Å². The summed E-state index contributed by atoms with van der Waals surface area (Å²) in [5.74, 6) is -1.52. The normalized spacial score (nSPS) is 22.9. The van der Waals surface area contributed by atoms with Gasteiger partial charge in [0.1, 0.15) is 5.69 Å². The van der Waals surface area contributed by atoms with Crippen LogP contribution >= 0.6 is 0 Å². The number of rotatable bonds is 5. The maximum Gasteiger partial charge on any atom is 0.306 e. The number of nitro groups is 1. The molecule has 0 unspecified atom stereocenters. The van der Waals surface area contributed by atoms with E-state index >= 15 is 0 Å². The van der Waals surface area contributed by atoms with Crippen LogP contribution < -0.4 is 10.2 Å². The number of hydrogen-bond donors (Lipinski definition) is 2. The molecule has 1 saturated carbocycles. The third kappa shape index (κ3) is 4.36. The van der Waals surface area contributed by atoms with Crippen molar-refractivity contribution in [3.8, 4) is 0 Å². The molecular formula is C18H23N3O6. The van der Waals surface area contributed by atoms with Crippen LogP contribution in [0.15, 0.2) is 18.2 Å². The van der Waals surface area contributed by atoms with Crippen molar-refractivity contribution in [3.63, 3.8) is 0 Å². The Morgan fingerprint density at radius 1 is 1.19 bits per heavy atom. The van der Waals surface area contributed by atoms with Crippen molar-refractivity contribution in [2.45, 2.75) is 31.7 Å². The van der Waals surface area contributed by atoms with Crippen LogP contribution in [0.3, 0.4) is 0 Å². The number of nitrogens with zero attached hydrogens (tertiary/aromatic N) is 2. The summed E-state index contributed by atoms with van der Waals surface area (Å²) in [5, 5.41) is 23.5. The Hall–Kier alpha value is -2.68. The SMILES string of the molecule is O=C(NC1CCC(C(=O)O)CC1)c1cccc([N+](=O)[O-])c1N1CCOCC1. The molecule has 2 fully saturated rings. The lowest BCUT2D eigenvalue weighted by Gasteiger charge is -2.31. The van der Waals surface area contributed by atoms with Crippen molar-refractivity contribution >= 4 is 23.3 Å². The summed E-state index contributed by atoms with van der Waals surface area (Å²) >= 11 is 0. The van der Waals surface area contributed by atoms with Gasteiger partial charge < -0.3 is 20.1 Å². The first kappa shape index (κ1) is 19.1. The number of morpholine rings is 1. The van der Waals surface area contributed by atoms with Crippen LogP contribution in [0, 0.1) is 16.0 Å². The molecule has 1 amide bonds. The van der Waals surface area contributed by atoms with E-state index in [4.69, 9.17) is 9.84 Å². The van der Waals surface area contributed by atoms with Crippen molar-refractivity contribution in [2.24, 2.45) is 5.92 Å². The number of hydrogen-bond acceptors (Lipinski definition) is 6. The van der Waals surface area contributed by atoms with Gasteiger partial charge in [0, 0.05) is 25.2 Å². The lowest BCUT2D eigenvalue weighted by atomic mass is 9.86. The molecule has 1 aliphatic carbocycles. The maximum absolute atomic E-state index is 12.9. The van der Waals surface area contributed by atoms with Crippen LogP contribution in [0.1, 0.15) is 36.0 Å². The standard InChI is InChI=1S/C18H23N3O6/c22-17(19-13-6-4-12(5-7-13)18(23)24)14-2-1-3-15(21(25)26)16(14)20-8-10-27-11-9-20/h1-3,12-13H,4-11H2,(H,19,22)(H,23,24). The first-order valence-corrected chi connectivity index (χ1v) is 9.11. The number of amides is 1. The average molecular weight is 377 g/mol. The van der Waals surface area contributed by atoms with E-state index in [0.717, 1.165) is 0 Å². The number of para-hydroxylation sites is 1. The summed E-state index contributed by atoms with van der Waals surface area (Å²) in [5.41, 5.74) is 0.494. The monoisotopic (exact) mass is 377 g/mol. The molecule has 1 aromatic rings. The molecule has 1 saturated heterocycles. The Bertz CT molecular complexity index is 724. The molecule has 1 heterocycles. The molecule has 9 nitrogen and oxygen atoms in total. The van der Waals surface area contributed by atoms with Gasteiger partial charge in [-0.3, -0.25) is 19.7 Å². The Kier molecular flexibility index (Phi) is 5.90. The molecule has 0 radical (unpaired) electrons. The smallest absolute Gasteiger partial charge is 0.306 e. The van der Waals surface area contributed by atoms with Gasteiger partial charge in [-0.05, 0) is 31.7 Å². The van der Waals surface area contributed by atoms with Gasteiger partial charge in [0.25, 0.3) is 11.6 Å². The molecule has 0 spiro atoms. The highest BCUT2D eigenvalue weighted by Gasteiger charge is 2.30. The highest BCUT2D eigenvalue weighted by atomic mass is 16.6. The quantitative estimate of drug-likeness (QED) is 0.592. The summed E-state index contributed by atoms with van der Waals surface area (Å²) in [6, 6.07) is 4.39. The van der Waals surface area contributed by atoms with E-state index in [-0.39, 0.29) is 29.1 Å². The number of anilines is 1. The van der Waals surface area contributed by atoms with Crippen LogP contribution in [0.5, 0.6) is 0 Å². The van der Waals surface area contributed by atoms with Crippen molar-refractivity contribution < 1.29 is 24.4 Å². The zero-order valence-corrected chi connectivity index (χ0v) is 14.9. The van der Waals surface area contributed by atoms with Crippen molar-refractivity contribution in [2.75, 3.05) is 31.2 Å². The Labute approximate surface area is 156 Å². The molecular weight excluding hydrogens is 354 g/mol.